The number of piperidine rings is 1. The summed E-state index contributed by atoms with van der Waals surface area (Å²) in [5, 5.41) is 3.39. The lowest BCUT2D eigenvalue weighted by atomic mass is 9.95. The van der Waals surface area contributed by atoms with Crippen LogP contribution >= 0.6 is 11.6 Å². The molecule has 1 aromatic heterocycles. The van der Waals surface area contributed by atoms with E-state index < -0.39 is 6.04 Å². The summed E-state index contributed by atoms with van der Waals surface area (Å²) < 4.78 is 0. The summed E-state index contributed by atoms with van der Waals surface area (Å²) in [4.78, 5) is 35.3. The number of carbonyl (C=O) groups excluding carboxylic acids is 2. The number of nitrogens with zero attached hydrogens (tertiary/aromatic N) is 2. The van der Waals surface area contributed by atoms with Crippen LogP contribution in [0.15, 0.2) is 67.0 Å². The second kappa shape index (κ2) is 9.79. The highest BCUT2D eigenvalue weighted by Gasteiger charge is 2.28. The maximum atomic E-state index is 13.1. The van der Waals surface area contributed by atoms with Gasteiger partial charge >= 0.3 is 0 Å². The van der Waals surface area contributed by atoms with Crippen molar-refractivity contribution in [2.24, 2.45) is 0 Å². The number of aromatic nitrogens is 2. The number of halogens is 1. The molecule has 160 valence electrons. The normalized spacial score (nSPS) is 15.5. The van der Waals surface area contributed by atoms with Crippen molar-refractivity contribution >= 4 is 23.4 Å². The van der Waals surface area contributed by atoms with Gasteiger partial charge in [0.2, 0.25) is 5.91 Å². The molecule has 1 saturated heterocycles. The van der Waals surface area contributed by atoms with Crippen LogP contribution in [0.2, 0.25) is 5.02 Å². The first-order valence-electron chi connectivity index (χ1n) is 10.5. The minimum atomic E-state index is -0.430. The zero-order chi connectivity index (χ0) is 21.6. The third kappa shape index (κ3) is 5.14. The van der Waals surface area contributed by atoms with Gasteiger partial charge in [0.25, 0.3) is 5.91 Å². The average Bonchev–Trinajstić information content (AvgIpc) is 3.34. The van der Waals surface area contributed by atoms with E-state index in [1.54, 1.807) is 30.5 Å². The first-order valence-corrected chi connectivity index (χ1v) is 10.9. The topological polar surface area (TPSA) is 78.1 Å². The zero-order valence-electron chi connectivity index (χ0n) is 17.1. The predicted molar refractivity (Wildman–Crippen MR) is 120 cm³/mol. The van der Waals surface area contributed by atoms with Crippen LogP contribution in [-0.4, -0.2) is 39.8 Å². The molecule has 2 amide bonds. The van der Waals surface area contributed by atoms with Crippen LogP contribution in [0.3, 0.4) is 0 Å². The van der Waals surface area contributed by atoms with Gasteiger partial charge in [0.15, 0.2) is 0 Å². The number of aromatic amines is 1. The molecule has 0 saturated carbocycles. The number of imidazole rings is 1. The summed E-state index contributed by atoms with van der Waals surface area (Å²) in [6, 6.07) is 16.1. The largest absolute Gasteiger partial charge is 0.348 e. The molecule has 1 atom stereocenters. The first kappa shape index (κ1) is 21.1. The number of H-pyrrole nitrogens is 1. The average molecular weight is 437 g/mol. The highest BCUT2D eigenvalue weighted by molar-refractivity contribution is 6.33. The van der Waals surface area contributed by atoms with Crippen molar-refractivity contribution < 1.29 is 9.59 Å². The van der Waals surface area contributed by atoms with Crippen LogP contribution in [0.1, 0.15) is 53.0 Å². The lowest BCUT2D eigenvalue weighted by molar-refractivity contribution is -0.132. The standard InChI is InChI=1S/C24H25ClN4O2/c25-20-9-5-4-8-19(20)24(31)28-21(17-6-2-1-3-7-17)16-22(30)29-14-10-18(11-15-29)23-26-12-13-27-23/h1-9,12-13,18,21H,10-11,14-16H2,(H,26,27)(H,28,31). The van der Waals surface area contributed by atoms with Crippen molar-refractivity contribution in [1.29, 1.82) is 0 Å². The molecule has 4 rings (SSSR count). The minimum absolute atomic E-state index is 0.0335. The van der Waals surface area contributed by atoms with E-state index in [0.717, 1.165) is 24.2 Å². The van der Waals surface area contributed by atoms with E-state index in [0.29, 0.717) is 29.6 Å². The van der Waals surface area contributed by atoms with Crippen LogP contribution in [-0.2, 0) is 4.79 Å². The molecular formula is C24H25ClN4O2. The smallest absolute Gasteiger partial charge is 0.253 e. The number of rotatable bonds is 6. The quantitative estimate of drug-likeness (QED) is 0.603. The van der Waals surface area contributed by atoms with E-state index in [9.17, 15) is 9.59 Å². The number of benzene rings is 2. The van der Waals surface area contributed by atoms with Gasteiger partial charge in [0.1, 0.15) is 5.82 Å². The molecule has 2 N–H and O–H groups in total. The number of carbonyl (C=O) groups is 2. The molecule has 0 spiro atoms. The second-order valence-corrected chi connectivity index (χ2v) is 8.16. The molecule has 0 bridgehead atoms. The zero-order valence-corrected chi connectivity index (χ0v) is 17.9. The number of nitrogens with one attached hydrogen (secondary N) is 2. The van der Waals surface area contributed by atoms with Crippen LogP contribution in [0.5, 0.6) is 0 Å². The van der Waals surface area contributed by atoms with Crippen LogP contribution in [0, 0.1) is 0 Å². The Morgan fingerprint density at radius 3 is 2.48 bits per heavy atom. The molecule has 1 aliphatic rings. The molecule has 1 aliphatic heterocycles. The Bertz CT molecular complexity index is 1020. The Kier molecular flexibility index (Phi) is 6.67. The van der Waals surface area contributed by atoms with Gasteiger partial charge in [-0.15, -0.1) is 0 Å². The van der Waals surface area contributed by atoms with E-state index in [1.165, 1.54) is 0 Å². The van der Waals surface area contributed by atoms with Crippen molar-refractivity contribution in [3.05, 3.63) is 89.0 Å². The monoisotopic (exact) mass is 436 g/mol. The summed E-state index contributed by atoms with van der Waals surface area (Å²) in [6.07, 6.45) is 5.55. The van der Waals surface area contributed by atoms with Gasteiger partial charge < -0.3 is 15.2 Å². The maximum Gasteiger partial charge on any atom is 0.253 e. The maximum absolute atomic E-state index is 13.1. The Morgan fingerprint density at radius 2 is 1.81 bits per heavy atom. The fourth-order valence-corrected chi connectivity index (χ4v) is 4.25. The fraction of sp³-hybridized carbons (Fsp3) is 0.292. The van der Waals surface area contributed by atoms with Crippen LogP contribution in [0.25, 0.3) is 0 Å². The molecule has 6 nitrogen and oxygen atoms in total. The molecule has 3 aromatic rings. The molecule has 7 heteroatoms. The van der Waals surface area contributed by atoms with Crippen LogP contribution < -0.4 is 5.32 Å². The molecule has 31 heavy (non-hydrogen) atoms. The van der Waals surface area contributed by atoms with Gasteiger partial charge in [-0.1, -0.05) is 54.1 Å². The number of amides is 2. The number of hydrogen-bond acceptors (Lipinski definition) is 3. The van der Waals surface area contributed by atoms with Gasteiger partial charge in [-0.25, -0.2) is 4.98 Å². The van der Waals surface area contributed by atoms with E-state index in [1.807, 2.05) is 41.4 Å². The molecule has 2 heterocycles. The Morgan fingerprint density at radius 1 is 1.10 bits per heavy atom. The Balaban J connectivity index is 1.43. The van der Waals surface area contributed by atoms with Crippen LogP contribution in [0.4, 0.5) is 0 Å². The summed E-state index contributed by atoms with van der Waals surface area (Å²) in [7, 11) is 0. The minimum Gasteiger partial charge on any atom is -0.348 e. The van der Waals surface area contributed by atoms with Gasteiger partial charge in [-0.2, -0.15) is 0 Å². The first-order chi connectivity index (χ1) is 15.1. The molecule has 2 aromatic carbocycles. The molecular weight excluding hydrogens is 412 g/mol. The fourth-order valence-electron chi connectivity index (χ4n) is 4.03. The Hall–Kier alpha value is -3.12. The van der Waals surface area contributed by atoms with E-state index in [2.05, 4.69) is 15.3 Å². The van der Waals surface area contributed by atoms with Crippen molar-refractivity contribution in [3.8, 4) is 0 Å². The Labute approximate surface area is 186 Å². The molecule has 1 fully saturated rings. The number of hydrogen-bond donors (Lipinski definition) is 2. The summed E-state index contributed by atoms with van der Waals surface area (Å²) >= 11 is 6.19. The van der Waals surface area contributed by atoms with Gasteiger partial charge in [-0.3, -0.25) is 9.59 Å². The highest BCUT2D eigenvalue weighted by Crippen LogP contribution is 2.27. The van der Waals surface area contributed by atoms with Crippen molar-refractivity contribution in [2.45, 2.75) is 31.2 Å². The van der Waals surface area contributed by atoms with Crippen molar-refractivity contribution in [2.75, 3.05) is 13.1 Å². The molecule has 0 radical (unpaired) electrons. The third-order valence-electron chi connectivity index (χ3n) is 5.76. The van der Waals surface area contributed by atoms with E-state index in [-0.39, 0.29) is 18.2 Å². The predicted octanol–water partition coefficient (Wildman–Crippen LogP) is 4.33. The summed E-state index contributed by atoms with van der Waals surface area (Å²) in [5.74, 6) is 1.08. The second-order valence-electron chi connectivity index (χ2n) is 7.75. The van der Waals surface area contributed by atoms with Crippen molar-refractivity contribution in [3.63, 3.8) is 0 Å². The SMILES string of the molecule is O=C(NC(CC(=O)N1CCC(c2ncc[nH]2)CC1)c1ccccc1)c1ccccc1Cl. The third-order valence-corrected chi connectivity index (χ3v) is 6.09. The molecule has 1 unspecified atom stereocenters. The lowest BCUT2D eigenvalue weighted by Crippen LogP contribution is -2.40. The molecule has 0 aliphatic carbocycles. The lowest BCUT2D eigenvalue weighted by Gasteiger charge is -2.32. The summed E-state index contributed by atoms with van der Waals surface area (Å²) in [6.45, 7) is 1.37. The van der Waals surface area contributed by atoms with Gasteiger partial charge in [0.05, 0.1) is 23.0 Å². The van der Waals surface area contributed by atoms with Crippen molar-refractivity contribution in [1.82, 2.24) is 20.2 Å². The van der Waals surface area contributed by atoms with E-state index >= 15 is 0 Å². The van der Waals surface area contributed by atoms with Gasteiger partial charge in [-0.05, 0) is 30.5 Å². The summed E-state index contributed by atoms with van der Waals surface area (Å²) in [5.41, 5.74) is 1.29. The highest BCUT2D eigenvalue weighted by atomic mass is 35.5. The number of likely N-dealkylation sites (tertiary alicyclic amines) is 1. The van der Waals surface area contributed by atoms with E-state index in [4.69, 9.17) is 11.6 Å². The van der Waals surface area contributed by atoms with Gasteiger partial charge in [0, 0.05) is 31.4 Å².